The van der Waals surface area contributed by atoms with E-state index >= 15 is 0 Å². The number of aromatic amines is 1. The minimum Gasteiger partial charge on any atom is -0.339 e. The number of Topliss-reactive ketones (excluding diaryl/α,β-unsaturated/α-hetero) is 1. The molecule has 23 heavy (non-hydrogen) atoms. The van der Waals surface area contributed by atoms with Crippen molar-refractivity contribution in [1.82, 2.24) is 15.1 Å². The summed E-state index contributed by atoms with van der Waals surface area (Å²) in [6, 6.07) is 3.77. The molecule has 0 saturated carbocycles. The number of nitrogens with one attached hydrogen (secondary N) is 1. The molecule has 1 aliphatic heterocycles. The Morgan fingerprint density at radius 1 is 1.43 bits per heavy atom. The zero-order valence-electron chi connectivity index (χ0n) is 13.5. The highest BCUT2D eigenvalue weighted by atomic mass is 32.1. The predicted octanol–water partition coefficient (Wildman–Crippen LogP) is 2.89. The first kappa shape index (κ1) is 15.9. The zero-order valence-corrected chi connectivity index (χ0v) is 14.3. The number of H-pyrrole nitrogens is 1. The van der Waals surface area contributed by atoms with Gasteiger partial charge in [-0.05, 0) is 38.1 Å². The highest BCUT2D eigenvalue weighted by molar-refractivity contribution is 7.12. The van der Waals surface area contributed by atoms with E-state index in [1.54, 1.807) is 0 Å². The van der Waals surface area contributed by atoms with Crippen LogP contribution in [0.5, 0.6) is 0 Å². The topological polar surface area (TPSA) is 66.1 Å². The van der Waals surface area contributed by atoms with Crippen molar-refractivity contribution >= 4 is 23.0 Å². The lowest BCUT2D eigenvalue weighted by Crippen LogP contribution is -2.37. The van der Waals surface area contributed by atoms with Crippen LogP contribution in [0.25, 0.3) is 0 Å². The van der Waals surface area contributed by atoms with Gasteiger partial charge in [0.15, 0.2) is 5.78 Å². The third-order valence-corrected chi connectivity index (χ3v) is 5.43. The monoisotopic (exact) mass is 331 g/mol. The van der Waals surface area contributed by atoms with E-state index in [0.29, 0.717) is 12.8 Å². The van der Waals surface area contributed by atoms with Crippen LogP contribution in [0.4, 0.5) is 0 Å². The second kappa shape index (κ2) is 6.66. The molecule has 5 nitrogen and oxygen atoms in total. The molecule has 0 spiro atoms. The number of amides is 1. The fraction of sp³-hybridized carbons (Fsp3) is 0.471. The van der Waals surface area contributed by atoms with Crippen molar-refractivity contribution in [1.29, 1.82) is 0 Å². The molecule has 2 aromatic rings. The zero-order chi connectivity index (χ0) is 16.4. The van der Waals surface area contributed by atoms with Crippen LogP contribution >= 0.6 is 11.3 Å². The molecule has 0 aliphatic carbocycles. The SMILES string of the molecule is Cc1n[nH]c(C)c1CC(=O)N1CCC[C@H]1CC(=O)c1cccs1. The molecule has 122 valence electrons. The van der Waals surface area contributed by atoms with Gasteiger partial charge < -0.3 is 4.90 Å². The summed E-state index contributed by atoms with van der Waals surface area (Å²) in [5, 5.41) is 8.98. The van der Waals surface area contributed by atoms with Gasteiger partial charge in [0.25, 0.3) is 0 Å². The quantitative estimate of drug-likeness (QED) is 0.857. The summed E-state index contributed by atoms with van der Waals surface area (Å²) in [4.78, 5) is 27.7. The van der Waals surface area contributed by atoms with E-state index < -0.39 is 0 Å². The molecule has 6 heteroatoms. The number of hydrogen-bond acceptors (Lipinski definition) is 4. The Morgan fingerprint density at radius 3 is 2.91 bits per heavy atom. The molecule has 0 unspecified atom stereocenters. The van der Waals surface area contributed by atoms with Gasteiger partial charge in [0, 0.05) is 30.3 Å². The van der Waals surface area contributed by atoms with Gasteiger partial charge in [-0.25, -0.2) is 0 Å². The molecule has 3 rings (SSSR count). The number of likely N-dealkylation sites (tertiary alicyclic amines) is 1. The number of carbonyl (C=O) groups excluding carboxylic acids is 2. The Bertz CT molecular complexity index is 686. The maximum Gasteiger partial charge on any atom is 0.227 e. The molecule has 2 aromatic heterocycles. The molecule has 1 amide bonds. The lowest BCUT2D eigenvalue weighted by molar-refractivity contribution is -0.131. The minimum atomic E-state index is 0.0320. The van der Waals surface area contributed by atoms with Crippen molar-refractivity contribution < 1.29 is 9.59 Å². The molecule has 0 radical (unpaired) electrons. The average molecular weight is 331 g/mol. The van der Waals surface area contributed by atoms with Gasteiger partial charge in [0.05, 0.1) is 17.0 Å². The smallest absolute Gasteiger partial charge is 0.227 e. The Kier molecular flexibility index (Phi) is 4.61. The van der Waals surface area contributed by atoms with Crippen LogP contribution in [0.1, 0.15) is 45.9 Å². The van der Waals surface area contributed by atoms with Crippen LogP contribution in [-0.2, 0) is 11.2 Å². The first-order valence-electron chi connectivity index (χ1n) is 7.93. The summed E-state index contributed by atoms with van der Waals surface area (Å²) in [5.74, 6) is 0.236. The highest BCUT2D eigenvalue weighted by Crippen LogP contribution is 2.24. The summed E-state index contributed by atoms with van der Waals surface area (Å²) in [7, 11) is 0. The molecule has 1 N–H and O–H groups in total. The lowest BCUT2D eigenvalue weighted by atomic mass is 10.1. The van der Waals surface area contributed by atoms with Crippen LogP contribution in [0, 0.1) is 13.8 Å². The summed E-state index contributed by atoms with van der Waals surface area (Å²) in [6.07, 6.45) is 2.66. The van der Waals surface area contributed by atoms with E-state index in [-0.39, 0.29) is 17.7 Å². The van der Waals surface area contributed by atoms with Gasteiger partial charge in [-0.15, -0.1) is 11.3 Å². The van der Waals surface area contributed by atoms with Crippen LogP contribution in [0.15, 0.2) is 17.5 Å². The van der Waals surface area contributed by atoms with Gasteiger partial charge in [-0.2, -0.15) is 5.10 Å². The second-order valence-electron chi connectivity index (χ2n) is 6.08. The van der Waals surface area contributed by atoms with E-state index in [4.69, 9.17) is 0 Å². The first-order valence-corrected chi connectivity index (χ1v) is 8.81. The van der Waals surface area contributed by atoms with E-state index in [9.17, 15) is 9.59 Å². The maximum atomic E-state index is 12.7. The van der Waals surface area contributed by atoms with Gasteiger partial charge in [0.1, 0.15) is 0 Å². The Hall–Kier alpha value is -1.95. The first-order chi connectivity index (χ1) is 11.1. The minimum absolute atomic E-state index is 0.0320. The fourth-order valence-corrected chi connectivity index (χ4v) is 3.89. The van der Waals surface area contributed by atoms with Gasteiger partial charge in [-0.3, -0.25) is 14.7 Å². The van der Waals surface area contributed by atoms with Crippen LogP contribution in [0.3, 0.4) is 0 Å². The van der Waals surface area contributed by atoms with E-state index in [1.807, 2.05) is 36.3 Å². The van der Waals surface area contributed by atoms with Crippen LogP contribution in [0.2, 0.25) is 0 Å². The number of carbonyl (C=O) groups is 2. The van der Waals surface area contributed by atoms with Crippen molar-refractivity contribution in [3.63, 3.8) is 0 Å². The highest BCUT2D eigenvalue weighted by Gasteiger charge is 2.31. The molecule has 0 aromatic carbocycles. The Labute approximate surface area is 139 Å². The van der Waals surface area contributed by atoms with E-state index in [2.05, 4.69) is 10.2 Å². The van der Waals surface area contributed by atoms with Gasteiger partial charge >= 0.3 is 0 Å². The molecule has 1 fully saturated rings. The second-order valence-corrected chi connectivity index (χ2v) is 7.02. The summed E-state index contributed by atoms with van der Waals surface area (Å²) < 4.78 is 0. The van der Waals surface area contributed by atoms with Crippen molar-refractivity contribution in [2.75, 3.05) is 6.54 Å². The lowest BCUT2D eigenvalue weighted by Gasteiger charge is -2.24. The molecule has 1 aliphatic rings. The number of hydrogen-bond donors (Lipinski definition) is 1. The average Bonchev–Trinajstić information content (AvgIpc) is 3.25. The molecular formula is C17H21N3O2S. The Balaban J connectivity index is 1.66. The van der Waals surface area contributed by atoms with E-state index in [0.717, 1.165) is 41.2 Å². The van der Waals surface area contributed by atoms with Crippen LogP contribution < -0.4 is 0 Å². The van der Waals surface area contributed by atoms with E-state index in [1.165, 1.54) is 11.3 Å². The summed E-state index contributed by atoms with van der Waals surface area (Å²) in [6.45, 7) is 4.59. The number of ketones is 1. The van der Waals surface area contributed by atoms with Gasteiger partial charge in [-0.1, -0.05) is 6.07 Å². The largest absolute Gasteiger partial charge is 0.339 e. The summed E-state index contributed by atoms with van der Waals surface area (Å²) >= 11 is 1.47. The number of thiophene rings is 1. The third kappa shape index (κ3) is 3.37. The predicted molar refractivity (Wildman–Crippen MR) is 89.8 cm³/mol. The summed E-state index contributed by atoms with van der Waals surface area (Å²) in [5.41, 5.74) is 2.80. The third-order valence-electron chi connectivity index (χ3n) is 4.52. The number of nitrogens with zero attached hydrogens (tertiary/aromatic N) is 2. The van der Waals surface area contributed by atoms with Crippen molar-refractivity contribution in [2.45, 2.75) is 45.6 Å². The number of aromatic nitrogens is 2. The molecule has 1 atom stereocenters. The fourth-order valence-electron chi connectivity index (χ4n) is 3.22. The van der Waals surface area contributed by atoms with Crippen LogP contribution in [-0.4, -0.2) is 39.4 Å². The number of aryl methyl sites for hydroxylation is 2. The molecule has 3 heterocycles. The van der Waals surface area contributed by atoms with Crippen molar-refractivity contribution in [2.24, 2.45) is 0 Å². The number of rotatable bonds is 5. The normalized spacial score (nSPS) is 17.7. The Morgan fingerprint density at radius 2 is 2.26 bits per heavy atom. The standard InChI is InChI=1S/C17H21N3O2S/c1-11-14(12(2)19-18-11)10-17(22)20-7-3-5-13(20)9-15(21)16-6-4-8-23-16/h4,6,8,13H,3,5,7,9-10H2,1-2H3,(H,18,19)/t13-/m0/s1. The molecular weight excluding hydrogens is 310 g/mol. The van der Waals surface area contributed by atoms with Crippen molar-refractivity contribution in [3.05, 3.63) is 39.3 Å². The maximum absolute atomic E-state index is 12.7. The molecule has 1 saturated heterocycles. The molecule has 0 bridgehead atoms. The van der Waals surface area contributed by atoms with Crippen molar-refractivity contribution in [3.8, 4) is 0 Å². The van der Waals surface area contributed by atoms with Gasteiger partial charge in [0.2, 0.25) is 5.91 Å².